The molecule has 2 aliphatic heterocycles. The van der Waals surface area contributed by atoms with E-state index in [4.69, 9.17) is 16.3 Å². The minimum Gasteiger partial charge on any atom is -0.492 e. The number of carbonyl (C=O) groups excluding carboxylic acids is 1. The first-order chi connectivity index (χ1) is 12.2. The minimum atomic E-state index is -0.0817. The second-order valence-corrected chi connectivity index (χ2v) is 7.35. The van der Waals surface area contributed by atoms with E-state index in [1.165, 1.54) is 0 Å². The fourth-order valence-electron chi connectivity index (χ4n) is 3.98. The van der Waals surface area contributed by atoms with Crippen molar-refractivity contribution in [2.75, 3.05) is 13.2 Å². The molecule has 0 radical (unpaired) electrons. The Morgan fingerprint density at radius 3 is 2.84 bits per heavy atom. The zero-order chi connectivity index (χ0) is 17.2. The summed E-state index contributed by atoms with van der Waals surface area (Å²) in [5, 5.41) is 0.789. The molecule has 0 spiro atoms. The second-order valence-electron chi connectivity index (χ2n) is 6.94. The second kappa shape index (κ2) is 7.09. The van der Waals surface area contributed by atoms with Crippen LogP contribution in [0.15, 0.2) is 48.5 Å². The number of ether oxygens (including phenoxy) is 1. The van der Waals surface area contributed by atoms with Crippen LogP contribution in [0.3, 0.4) is 0 Å². The SMILES string of the molecule is O=C(C1COc2ccccc2C1)N1CCCC1Cc1ccccc1Cl. The van der Waals surface area contributed by atoms with Crippen molar-refractivity contribution < 1.29 is 9.53 Å². The molecule has 2 aromatic rings. The van der Waals surface area contributed by atoms with E-state index in [2.05, 4.69) is 17.0 Å². The molecular weight excluding hydrogens is 334 g/mol. The maximum atomic E-state index is 13.1. The van der Waals surface area contributed by atoms with Gasteiger partial charge in [-0.3, -0.25) is 4.79 Å². The summed E-state index contributed by atoms with van der Waals surface area (Å²) in [6, 6.07) is 16.2. The number of hydrogen-bond acceptors (Lipinski definition) is 2. The third-order valence-electron chi connectivity index (χ3n) is 5.30. The molecular formula is C21H22ClNO2. The fourth-order valence-corrected chi connectivity index (χ4v) is 4.19. The highest BCUT2D eigenvalue weighted by atomic mass is 35.5. The quantitative estimate of drug-likeness (QED) is 0.828. The Labute approximate surface area is 153 Å². The Kier molecular flexibility index (Phi) is 4.67. The van der Waals surface area contributed by atoms with E-state index < -0.39 is 0 Å². The van der Waals surface area contributed by atoms with E-state index in [0.717, 1.165) is 54.1 Å². The highest BCUT2D eigenvalue weighted by Crippen LogP contribution is 2.31. The number of benzene rings is 2. The Balaban J connectivity index is 1.47. The lowest BCUT2D eigenvalue weighted by Gasteiger charge is -2.31. The van der Waals surface area contributed by atoms with Gasteiger partial charge in [0.25, 0.3) is 0 Å². The van der Waals surface area contributed by atoms with Gasteiger partial charge in [0.05, 0.1) is 5.92 Å². The molecule has 25 heavy (non-hydrogen) atoms. The molecule has 0 aromatic heterocycles. The topological polar surface area (TPSA) is 29.5 Å². The van der Waals surface area contributed by atoms with Crippen molar-refractivity contribution >= 4 is 17.5 Å². The molecule has 2 aliphatic rings. The molecule has 2 atom stereocenters. The summed E-state index contributed by atoms with van der Waals surface area (Å²) in [7, 11) is 0. The summed E-state index contributed by atoms with van der Waals surface area (Å²) in [6.45, 7) is 1.32. The molecule has 4 heteroatoms. The minimum absolute atomic E-state index is 0.0817. The largest absolute Gasteiger partial charge is 0.492 e. The first-order valence-electron chi connectivity index (χ1n) is 8.97. The van der Waals surface area contributed by atoms with E-state index in [0.29, 0.717) is 6.61 Å². The summed E-state index contributed by atoms with van der Waals surface area (Å²) in [4.78, 5) is 15.2. The number of rotatable bonds is 3. The van der Waals surface area contributed by atoms with Crippen LogP contribution in [0.4, 0.5) is 0 Å². The molecule has 1 saturated heterocycles. The van der Waals surface area contributed by atoms with Gasteiger partial charge in [-0.2, -0.15) is 0 Å². The molecule has 1 fully saturated rings. The third-order valence-corrected chi connectivity index (χ3v) is 5.67. The molecule has 0 saturated carbocycles. The van der Waals surface area contributed by atoms with Gasteiger partial charge in [-0.15, -0.1) is 0 Å². The first-order valence-corrected chi connectivity index (χ1v) is 9.35. The van der Waals surface area contributed by atoms with Gasteiger partial charge in [0.1, 0.15) is 12.4 Å². The molecule has 0 aliphatic carbocycles. The number of carbonyl (C=O) groups is 1. The number of hydrogen-bond donors (Lipinski definition) is 0. The molecule has 130 valence electrons. The summed E-state index contributed by atoms with van der Waals surface area (Å²) in [5.74, 6) is 1.06. The molecule has 0 N–H and O–H groups in total. The van der Waals surface area contributed by atoms with E-state index in [1.807, 2.05) is 36.4 Å². The van der Waals surface area contributed by atoms with Gasteiger partial charge in [0, 0.05) is 17.6 Å². The average Bonchev–Trinajstić information content (AvgIpc) is 3.11. The molecule has 2 heterocycles. The van der Waals surface area contributed by atoms with E-state index in [-0.39, 0.29) is 17.9 Å². The van der Waals surface area contributed by atoms with Crippen LogP contribution >= 0.6 is 11.6 Å². The first kappa shape index (κ1) is 16.5. The van der Waals surface area contributed by atoms with Gasteiger partial charge < -0.3 is 9.64 Å². The van der Waals surface area contributed by atoms with Crippen LogP contribution in [0.2, 0.25) is 5.02 Å². The van der Waals surface area contributed by atoms with Crippen molar-refractivity contribution in [1.82, 2.24) is 4.90 Å². The van der Waals surface area contributed by atoms with Crippen molar-refractivity contribution in [2.24, 2.45) is 5.92 Å². The Hall–Kier alpha value is -2.00. The summed E-state index contributed by atoms with van der Waals surface area (Å²) >= 11 is 6.31. The monoisotopic (exact) mass is 355 g/mol. The molecule has 2 aromatic carbocycles. The lowest BCUT2D eigenvalue weighted by molar-refractivity contribution is -0.137. The number of fused-ring (bicyclic) bond motifs is 1. The molecule has 2 unspecified atom stereocenters. The Bertz CT molecular complexity index is 776. The standard InChI is InChI=1S/C21H22ClNO2/c22-19-9-3-1-6-15(19)13-18-8-5-11-23(18)21(24)17-12-16-7-2-4-10-20(16)25-14-17/h1-4,6-7,9-10,17-18H,5,8,11-14H2. The normalized spacial score (nSPS) is 22.4. The smallest absolute Gasteiger partial charge is 0.229 e. The number of amides is 1. The number of likely N-dealkylation sites (tertiary alicyclic amines) is 1. The summed E-state index contributed by atoms with van der Waals surface area (Å²) in [5.41, 5.74) is 2.26. The van der Waals surface area contributed by atoms with E-state index in [1.54, 1.807) is 0 Å². The molecule has 3 nitrogen and oxygen atoms in total. The van der Waals surface area contributed by atoms with Crippen molar-refractivity contribution in [3.8, 4) is 5.75 Å². The van der Waals surface area contributed by atoms with Gasteiger partial charge >= 0.3 is 0 Å². The van der Waals surface area contributed by atoms with E-state index in [9.17, 15) is 4.79 Å². The molecule has 0 bridgehead atoms. The maximum absolute atomic E-state index is 13.1. The lowest BCUT2D eigenvalue weighted by Crippen LogP contribution is -2.44. The Morgan fingerprint density at radius 2 is 1.96 bits per heavy atom. The van der Waals surface area contributed by atoms with Crippen LogP contribution in [0.5, 0.6) is 5.75 Å². The van der Waals surface area contributed by atoms with Crippen LogP contribution in [0, 0.1) is 5.92 Å². The van der Waals surface area contributed by atoms with Crippen molar-refractivity contribution in [1.29, 1.82) is 0 Å². The van der Waals surface area contributed by atoms with Gasteiger partial charge in [-0.1, -0.05) is 48.0 Å². The van der Waals surface area contributed by atoms with Crippen LogP contribution in [-0.2, 0) is 17.6 Å². The maximum Gasteiger partial charge on any atom is 0.229 e. The van der Waals surface area contributed by atoms with Crippen molar-refractivity contribution in [3.63, 3.8) is 0 Å². The number of halogens is 1. The third kappa shape index (κ3) is 3.38. The molecule has 4 rings (SSSR count). The predicted molar refractivity (Wildman–Crippen MR) is 99.0 cm³/mol. The highest BCUT2D eigenvalue weighted by molar-refractivity contribution is 6.31. The lowest BCUT2D eigenvalue weighted by atomic mass is 9.94. The summed E-state index contributed by atoms with van der Waals surface area (Å²) < 4.78 is 5.82. The van der Waals surface area contributed by atoms with Crippen LogP contribution < -0.4 is 4.74 Å². The van der Waals surface area contributed by atoms with Crippen LogP contribution in [0.1, 0.15) is 24.0 Å². The summed E-state index contributed by atoms with van der Waals surface area (Å²) in [6.07, 6.45) is 3.70. The van der Waals surface area contributed by atoms with E-state index >= 15 is 0 Å². The highest BCUT2D eigenvalue weighted by Gasteiger charge is 2.35. The van der Waals surface area contributed by atoms with Gasteiger partial charge in [-0.05, 0) is 48.9 Å². The fraction of sp³-hybridized carbons (Fsp3) is 0.381. The molecule has 1 amide bonds. The predicted octanol–water partition coefficient (Wildman–Crippen LogP) is 4.12. The zero-order valence-corrected chi connectivity index (χ0v) is 14.9. The van der Waals surface area contributed by atoms with Crippen LogP contribution in [0.25, 0.3) is 0 Å². The average molecular weight is 356 g/mol. The van der Waals surface area contributed by atoms with Gasteiger partial charge in [0.15, 0.2) is 0 Å². The number of nitrogens with zero attached hydrogens (tertiary/aromatic N) is 1. The van der Waals surface area contributed by atoms with Gasteiger partial charge in [0.2, 0.25) is 5.91 Å². The number of para-hydroxylation sites is 1. The van der Waals surface area contributed by atoms with Crippen molar-refractivity contribution in [3.05, 3.63) is 64.7 Å². The van der Waals surface area contributed by atoms with Gasteiger partial charge in [-0.25, -0.2) is 0 Å². The van der Waals surface area contributed by atoms with Crippen LogP contribution in [-0.4, -0.2) is 30.0 Å². The zero-order valence-electron chi connectivity index (χ0n) is 14.2. The van der Waals surface area contributed by atoms with Crippen molar-refractivity contribution in [2.45, 2.75) is 31.7 Å². The Morgan fingerprint density at radius 1 is 1.16 bits per heavy atom.